The lowest BCUT2D eigenvalue weighted by molar-refractivity contribution is 0.172. The van der Waals surface area contributed by atoms with Crippen molar-refractivity contribution in [2.45, 2.75) is 6.42 Å². The van der Waals surface area contributed by atoms with Gasteiger partial charge >= 0.3 is 0 Å². The summed E-state index contributed by atoms with van der Waals surface area (Å²) in [6.07, 6.45) is 0.569. The van der Waals surface area contributed by atoms with Crippen molar-refractivity contribution in [1.29, 1.82) is 0 Å². The molecule has 1 rings (SSSR count). The van der Waals surface area contributed by atoms with Gasteiger partial charge in [-0.1, -0.05) is 5.16 Å². The lowest BCUT2D eigenvalue weighted by Crippen LogP contribution is -1.87. The predicted molar refractivity (Wildman–Crippen MR) is 20.6 cm³/mol. The normalized spacial score (nSPS) is 19.7. The van der Waals surface area contributed by atoms with Gasteiger partial charge in [-0.2, -0.15) is 0 Å². The molecule has 0 aromatic heterocycles. The second-order valence-electron chi connectivity index (χ2n) is 1.09. The van der Waals surface area contributed by atoms with Crippen molar-refractivity contribution >= 4 is 5.90 Å². The van der Waals surface area contributed by atoms with Crippen molar-refractivity contribution in [2.24, 2.45) is 5.16 Å². The molecule has 6 heavy (non-hydrogen) atoms. The standard InChI is InChI=1S/C3H5NO2/c5-3-1-2-6-4-3/h1-2H2,(H,4,5). The molecule has 0 fully saturated rings. The summed E-state index contributed by atoms with van der Waals surface area (Å²) >= 11 is 0. The maximum absolute atomic E-state index is 8.35. The van der Waals surface area contributed by atoms with Crippen molar-refractivity contribution in [3.63, 3.8) is 0 Å². The Morgan fingerprint density at radius 1 is 1.83 bits per heavy atom. The topological polar surface area (TPSA) is 41.8 Å². The van der Waals surface area contributed by atoms with E-state index in [1.807, 2.05) is 0 Å². The molecule has 3 heteroatoms. The summed E-state index contributed by atoms with van der Waals surface area (Å²) in [6, 6.07) is 0. The van der Waals surface area contributed by atoms with Crippen LogP contribution < -0.4 is 0 Å². The van der Waals surface area contributed by atoms with E-state index in [0.717, 1.165) is 0 Å². The minimum Gasteiger partial charge on any atom is -0.494 e. The Hall–Kier alpha value is -0.730. The molecule has 0 unspecified atom stereocenters. The van der Waals surface area contributed by atoms with Crippen molar-refractivity contribution in [3.8, 4) is 0 Å². The number of hydrogen-bond donors (Lipinski definition) is 1. The Morgan fingerprint density at radius 2 is 2.67 bits per heavy atom. The maximum Gasteiger partial charge on any atom is 0.226 e. The van der Waals surface area contributed by atoms with E-state index in [1.54, 1.807) is 0 Å². The van der Waals surface area contributed by atoms with Gasteiger partial charge in [0.25, 0.3) is 0 Å². The van der Waals surface area contributed by atoms with Crippen LogP contribution in [0.2, 0.25) is 0 Å². The van der Waals surface area contributed by atoms with Crippen LogP contribution in [0.3, 0.4) is 0 Å². The van der Waals surface area contributed by atoms with Gasteiger partial charge in [-0.25, -0.2) is 0 Å². The zero-order chi connectivity index (χ0) is 4.41. The Balaban J connectivity index is 2.45. The largest absolute Gasteiger partial charge is 0.494 e. The summed E-state index contributed by atoms with van der Waals surface area (Å²) in [5.41, 5.74) is 0. The number of aliphatic hydroxyl groups is 1. The quantitative estimate of drug-likeness (QED) is 0.461. The van der Waals surface area contributed by atoms with E-state index in [4.69, 9.17) is 5.11 Å². The number of aliphatic hydroxyl groups excluding tert-OH is 1. The maximum atomic E-state index is 8.35. The molecular formula is C3H5NO2. The van der Waals surface area contributed by atoms with Gasteiger partial charge in [0, 0.05) is 0 Å². The second-order valence-corrected chi connectivity index (χ2v) is 1.09. The molecule has 0 saturated heterocycles. The Bertz CT molecular complexity index is 78.9. The first-order chi connectivity index (χ1) is 2.89. The zero-order valence-electron chi connectivity index (χ0n) is 3.22. The van der Waals surface area contributed by atoms with E-state index in [1.165, 1.54) is 0 Å². The van der Waals surface area contributed by atoms with Crippen LogP contribution >= 0.6 is 0 Å². The summed E-state index contributed by atoms with van der Waals surface area (Å²) in [5.74, 6) is 0.106. The Morgan fingerprint density at radius 3 is 2.83 bits per heavy atom. The first-order valence-corrected chi connectivity index (χ1v) is 1.77. The molecule has 0 saturated carbocycles. The highest BCUT2D eigenvalue weighted by atomic mass is 16.6. The second kappa shape index (κ2) is 1.16. The molecular weight excluding hydrogens is 82.0 g/mol. The fraction of sp³-hybridized carbons (Fsp3) is 0.667. The third-order valence-electron chi connectivity index (χ3n) is 0.587. The van der Waals surface area contributed by atoms with E-state index >= 15 is 0 Å². The first kappa shape index (κ1) is 3.46. The molecule has 3 nitrogen and oxygen atoms in total. The van der Waals surface area contributed by atoms with E-state index in [9.17, 15) is 0 Å². The molecule has 0 aliphatic carbocycles. The molecule has 1 aliphatic rings. The molecule has 0 bridgehead atoms. The molecule has 0 aromatic rings. The number of oxime groups is 1. The lowest BCUT2D eigenvalue weighted by atomic mass is 10.5. The highest BCUT2D eigenvalue weighted by Gasteiger charge is 2.01. The van der Waals surface area contributed by atoms with Crippen LogP contribution in [0.4, 0.5) is 0 Å². The zero-order valence-corrected chi connectivity index (χ0v) is 3.22. The molecule has 1 aliphatic heterocycles. The SMILES string of the molecule is OC1=NOCC1. The molecule has 0 amide bonds. The number of rotatable bonds is 0. The summed E-state index contributed by atoms with van der Waals surface area (Å²) < 4.78 is 0. The molecule has 0 spiro atoms. The summed E-state index contributed by atoms with van der Waals surface area (Å²) in [5, 5.41) is 11.6. The third kappa shape index (κ3) is 0.429. The molecule has 0 radical (unpaired) electrons. The number of nitrogens with zero attached hydrogens (tertiary/aromatic N) is 1. The average Bonchev–Trinajstić information content (AvgIpc) is 1.86. The Labute approximate surface area is 35.2 Å². The van der Waals surface area contributed by atoms with Crippen LogP contribution in [0.5, 0.6) is 0 Å². The van der Waals surface area contributed by atoms with Gasteiger partial charge in [-0.05, 0) is 0 Å². The van der Waals surface area contributed by atoms with Gasteiger partial charge in [0.1, 0.15) is 6.61 Å². The van der Waals surface area contributed by atoms with Crippen LogP contribution in [-0.2, 0) is 4.84 Å². The average molecular weight is 87.1 g/mol. The smallest absolute Gasteiger partial charge is 0.226 e. The van der Waals surface area contributed by atoms with Gasteiger partial charge in [0.05, 0.1) is 6.42 Å². The highest BCUT2D eigenvalue weighted by molar-refractivity contribution is 5.74. The van der Waals surface area contributed by atoms with Crippen LogP contribution in [0.15, 0.2) is 5.16 Å². The lowest BCUT2D eigenvalue weighted by Gasteiger charge is -1.74. The molecule has 0 atom stereocenters. The van der Waals surface area contributed by atoms with Gasteiger partial charge in [0.2, 0.25) is 5.90 Å². The monoisotopic (exact) mass is 87.0 g/mol. The van der Waals surface area contributed by atoms with Crippen LogP contribution in [0.25, 0.3) is 0 Å². The van der Waals surface area contributed by atoms with Crippen LogP contribution in [0.1, 0.15) is 6.42 Å². The van der Waals surface area contributed by atoms with Crippen molar-refractivity contribution < 1.29 is 9.94 Å². The highest BCUT2D eigenvalue weighted by Crippen LogP contribution is 1.94. The van der Waals surface area contributed by atoms with E-state index < -0.39 is 0 Å². The first-order valence-electron chi connectivity index (χ1n) is 1.77. The van der Waals surface area contributed by atoms with Crippen LogP contribution in [-0.4, -0.2) is 17.6 Å². The van der Waals surface area contributed by atoms with Gasteiger partial charge in [0.15, 0.2) is 0 Å². The summed E-state index contributed by atoms with van der Waals surface area (Å²) in [6.45, 7) is 0.534. The summed E-state index contributed by atoms with van der Waals surface area (Å²) in [7, 11) is 0. The Kier molecular flexibility index (Phi) is 0.670. The number of hydrogen-bond acceptors (Lipinski definition) is 2. The molecule has 1 heterocycles. The van der Waals surface area contributed by atoms with E-state index in [-0.39, 0.29) is 5.90 Å². The van der Waals surface area contributed by atoms with E-state index in [0.29, 0.717) is 13.0 Å². The molecule has 0 aromatic carbocycles. The van der Waals surface area contributed by atoms with Crippen molar-refractivity contribution in [1.82, 2.24) is 0 Å². The van der Waals surface area contributed by atoms with Crippen molar-refractivity contribution in [3.05, 3.63) is 0 Å². The summed E-state index contributed by atoms with van der Waals surface area (Å²) in [4.78, 5) is 4.39. The third-order valence-corrected chi connectivity index (χ3v) is 0.587. The minimum absolute atomic E-state index is 0.106. The molecule has 34 valence electrons. The molecule has 1 N–H and O–H groups in total. The van der Waals surface area contributed by atoms with Gasteiger partial charge in [-0.3, -0.25) is 0 Å². The van der Waals surface area contributed by atoms with E-state index in [2.05, 4.69) is 9.99 Å². The van der Waals surface area contributed by atoms with Crippen molar-refractivity contribution in [2.75, 3.05) is 6.61 Å². The fourth-order valence-corrected chi connectivity index (χ4v) is 0.303. The minimum atomic E-state index is 0.106. The van der Waals surface area contributed by atoms with Gasteiger partial charge in [-0.15, -0.1) is 0 Å². The van der Waals surface area contributed by atoms with Gasteiger partial charge < -0.3 is 9.94 Å². The predicted octanol–water partition coefficient (Wildman–Crippen LogP) is 0.278. The van der Waals surface area contributed by atoms with Crippen LogP contribution in [0, 0.1) is 0 Å². The fourth-order valence-electron chi connectivity index (χ4n) is 0.303.